The molecule has 0 bridgehead atoms. The van der Waals surface area contributed by atoms with Gasteiger partial charge in [0.25, 0.3) is 0 Å². The summed E-state index contributed by atoms with van der Waals surface area (Å²) < 4.78 is 0. The minimum absolute atomic E-state index is 0.0251. The van der Waals surface area contributed by atoms with E-state index >= 15 is 0 Å². The highest BCUT2D eigenvalue weighted by atomic mass is 16.2. The molecule has 5 nitrogen and oxygen atoms in total. The molecule has 1 aromatic carbocycles. The first-order chi connectivity index (χ1) is 11.6. The van der Waals surface area contributed by atoms with Crippen LogP contribution in [0.1, 0.15) is 38.2 Å². The monoisotopic (exact) mass is 329 g/mol. The van der Waals surface area contributed by atoms with E-state index in [1.165, 1.54) is 5.56 Å². The van der Waals surface area contributed by atoms with Crippen molar-refractivity contribution in [2.24, 2.45) is 11.3 Å². The van der Waals surface area contributed by atoms with Gasteiger partial charge in [-0.25, -0.2) is 4.79 Å². The van der Waals surface area contributed by atoms with Gasteiger partial charge in [0.05, 0.1) is 5.92 Å². The zero-order valence-corrected chi connectivity index (χ0v) is 14.6. The Bertz CT molecular complexity index is 623. The summed E-state index contributed by atoms with van der Waals surface area (Å²) in [6.07, 6.45) is 5.33. The molecule has 1 aromatic rings. The number of rotatable bonds is 3. The number of carbonyl (C=O) groups excluding carboxylic acids is 2. The van der Waals surface area contributed by atoms with Crippen LogP contribution in [-0.2, 0) is 11.2 Å². The fourth-order valence-electron chi connectivity index (χ4n) is 4.32. The van der Waals surface area contributed by atoms with Crippen LogP contribution in [0.4, 0.5) is 10.5 Å². The quantitative estimate of drug-likeness (QED) is 0.895. The molecule has 130 valence electrons. The van der Waals surface area contributed by atoms with Crippen molar-refractivity contribution in [2.75, 3.05) is 25.5 Å². The third-order valence-electron chi connectivity index (χ3n) is 5.68. The lowest BCUT2D eigenvalue weighted by Crippen LogP contribution is -2.38. The van der Waals surface area contributed by atoms with Crippen LogP contribution >= 0.6 is 0 Å². The second kappa shape index (κ2) is 6.83. The lowest BCUT2D eigenvalue weighted by molar-refractivity contribution is -0.127. The van der Waals surface area contributed by atoms with Crippen LogP contribution in [-0.4, -0.2) is 37.0 Å². The molecule has 1 heterocycles. The summed E-state index contributed by atoms with van der Waals surface area (Å²) in [6, 6.07) is 7.84. The van der Waals surface area contributed by atoms with Gasteiger partial charge >= 0.3 is 6.03 Å². The molecule has 1 aliphatic carbocycles. The second-order valence-corrected chi connectivity index (χ2v) is 7.10. The Morgan fingerprint density at radius 3 is 2.71 bits per heavy atom. The average molecular weight is 329 g/mol. The number of nitrogens with zero attached hydrogens (tertiary/aromatic N) is 1. The largest absolute Gasteiger partial charge is 0.359 e. The molecule has 2 N–H and O–H groups in total. The third-order valence-corrected chi connectivity index (χ3v) is 5.68. The Morgan fingerprint density at radius 2 is 2.04 bits per heavy atom. The predicted octanol–water partition coefficient (Wildman–Crippen LogP) is 3.02. The van der Waals surface area contributed by atoms with Crippen molar-refractivity contribution >= 4 is 17.6 Å². The molecule has 1 saturated carbocycles. The van der Waals surface area contributed by atoms with Gasteiger partial charge in [0.2, 0.25) is 5.91 Å². The van der Waals surface area contributed by atoms with E-state index in [0.717, 1.165) is 37.8 Å². The number of aryl methyl sites for hydroxylation is 1. The summed E-state index contributed by atoms with van der Waals surface area (Å²) in [7, 11) is 1.68. The number of amides is 3. The molecule has 3 rings (SSSR count). The normalized spacial score (nSPS) is 21.9. The fourth-order valence-corrected chi connectivity index (χ4v) is 4.32. The molecule has 1 atom stereocenters. The Kier molecular flexibility index (Phi) is 4.78. The van der Waals surface area contributed by atoms with Crippen LogP contribution in [0.2, 0.25) is 0 Å². The summed E-state index contributed by atoms with van der Waals surface area (Å²) in [6.45, 7) is 3.29. The van der Waals surface area contributed by atoms with Crippen molar-refractivity contribution in [1.29, 1.82) is 0 Å². The fraction of sp³-hybridized carbons (Fsp3) is 0.579. The molecule has 24 heavy (non-hydrogen) atoms. The Balaban J connectivity index is 1.72. The van der Waals surface area contributed by atoms with Crippen molar-refractivity contribution < 1.29 is 9.59 Å². The molecular formula is C19H27N3O2. The summed E-state index contributed by atoms with van der Waals surface area (Å²) >= 11 is 0. The van der Waals surface area contributed by atoms with Crippen LogP contribution in [0.3, 0.4) is 0 Å². The molecular weight excluding hydrogens is 302 g/mol. The molecule has 0 unspecified atom stereocenters. The van der Waals surface area contributed by atoms with E-state index in [1.807, 2.05) is 23.1 Å². The molecule has 5 heteroatoms. The molecule has 2 aliphatic rings. The van der Waals surface area contributed by atoms with Crippen molar-refractivity contribution in [3.63, 3.8) is 0 Å². The van der Waals surface area contributed by atoms with Gasteiger partial charge in [-0.15, -0.1) is 0 Å². The van der Waals surface area contributed by atoms with Gasteiger partial charge in [0.15, 0.2) is 0 Å². The highest BCUT2D eigenvalue weighted by molar-refractivity contribution is 5.91. The van der Waals surface area contributed by atoms with E-state index in [1.54, 1.807) is 7.05 Å². The molecule has 1 spiro atoms. The van der Waals surface area contributed by atoms with Crippen LogP contribution in [0.25, 0.3) is 0 Å². The third kappa shape index (κ3) is 3.12. The lowest BCUT2D eigenvalue weighted by Gasteiger charge is -2.28. The van der Waals surface area contributed by atoms with Crippen LogP contribution in [0.5, 0.6) is 0 Å². The number of hydrogen-bond donors (Lipinski definition) is 2. The number of carbonyl (C=O) groups is 2. The highest BCUT2D eigenvalue weighted by Gasteiger charge is 2.52. The highest BCUT2D eigenvalue weighted by Crippen LogP contribution is 2.49. The molecule has 3 amide bonds. The first-order valence-electron chi connectivity index (χ1n) is 8.94. The van der Waals surface area contributed by atoms with Gasteiger partial charge in [-0.2, -0.15) is 0 Å². The van der Waals surface area contributed by atoms with E-state index in [-0.39, 0.29) is 23.3 Å². The molecule has 1 saturated heterocycles. The summed E-state index contributed by atoms with van der Waals surface area (Å²) in [5.41, 5.74) is 2.00. The summed E-state index contributed by atoms with van der Waals surface area (Å²) in [4.78, 5) is 26.8. The number of likely N-dealkylation sites (tertiary alicyclic amines) is 1. The van der Waals surface area contributed by atoms with Crippen molar-refractivity contribution in [1.82, 2.24) is 10.2 Å². The first kappa shape index (κ1) is 16.8. The maximum atomic E-state index is 12.7. The number of anilines is 1. The topological polar surface area (TPSA) is 61.4 Å². The van der Waals surface area contributed by atoms with Crippen molar-refractivity contribution in [3.8, 4) is 0 Å². The van der Waals surface area contributed by atoms with Crippen LogP contribution in [0.15, 0.2) is 24.3 Å². The number of urea groups is 1. The molecule has 0 aromatic heterocycles. The van der Waals surface area contributed by atoms with E-state index in [4.69, 9.17) is 0 Å². The molecule has 0 radical (unpaired) electrons. The van der Waals surface area contributed by atoms with Gasteiger partial charge in [-0.05, 0) is 37.0 Å². The summed E-state index contributed by atoms with van der Waals surface area (Å²) in [5.74, 6) is -0.0158. The van der Waals surface area contributed by atoms with E-state index in [2.05, 4.69) is 23.6 Å². The maximum absolute atomic E-state index is 12.7. The Labute approximate surface area is 143 Å². The van der Waals surface area contributed by atoms with E-state index in [9.17, 15) is 9.59 Å². The van der Waals surface area contributed by atoms with Crippen molar-refractivity contribution in [2.45, 2.75) is 39.0 Å². The number of hydrogen-bond acceptors (Lipinski definition) is 2. The van der Waals surface area contributed by atoms with Gasteiger partial charge in [0, 0.05) is 31.2 Å². The summed E-state index contributed by atoms with van der Waals surface area (Å²) in [5, 5.41) is 5.78. The molecule has 1 aliphatic heterocycles. The van der Waals surface area contributed by atoms with Crippen LogP contribution in [0, 0.1) is 11.3 Å². The minimum Gasteiger partial charge on any atom is -0.359 e. The number of benzene rings is 1. The zero-order valence-electron chi connectivity index (χ0n) is 14.6. The second-order valence-electron chi connectivity index (χ2n) is 7.10. The maximum Gasteiger partial charge on any atom is 0.321 e. The smallest absolute Gasteiger partial charge is 0.321 e. The van der Waals surface area contributed by atoms with Crippen LogP contribution < -0.4 is 10.6 Å². The lowest BCUT2D eigenvalue weighted by atomic mass is 9.76. The first-order valence-corrected chi connectivity index (χ1v) is 8.94. The minimum atomic E-state index is -0.0964. The van der Waals surface area contributed by atoms with E-state index in [0.29, 0.717) is 13.1 Å². The Hall–Kier alpha value is -2.04. The van der Waals surface area contributed by atoms with Crippen molar-refractivity contribution in [3.05, 3.63) is 29.8 Å². The zero-order chi connectivity index (χ0) is 17.2. The van der Waals surface area contributed by atoms with Gasteiger partial charge in [-0.3, -0.25) is 4.79 Å². The van der Waals surface area contributed by atoms with E-state index < -0.39 is 0 Å². The molecule has 2 fully saturated rings. The number of nitrogens with one attached hydrogen (secondary N) is 2. The van der Waals surface area contributed by atoms with Gasteiger partial charge in [0.1, 0.15) is 0 Å². The average Bonchev–Trinajstić information content (AvgIpc) is 3.22. The van der Waals surface area contributed by atoms with Gasteiger partial charge in [-0.1, -0.05) is 31.9 Å². The predicted molar refractivity (Wildman–Crippen MR) is 94.9 cm³/mol. The SMILES string of the molecule is CCc1cccc(NC(=O)N2C[C@H](C(=O)NC)C3(CCCC3)C2)c1. The standard InChI is InChI=1S/C19H27N3O2/c1-3-14-7-6-8-15(11-14)21-18(24)22-12-16(17(23)20-2)19(13-22)9-4-5-10-19/h6-8,11,16H,3-5,9-10,12-13H2,1-2H3,(H,20,23)(H,21,24)/t16-/m1/s1. The van der Waals surface area contributed by atoms with Gasteiger partial charge < -0.3 is 15.5 Å². The Morgan fingerprint density at radius 1 is 1.29 bits per heavy atom.